The fourth-order valence-corrected chi connectivity index (χ4v) is 2.55. The Hall–Kier alpha value is -0.520. The van der Waals surface area contributed by atoms with Gasteiger partial charge in [0.05, 0.1) is 0 Å². The highest BCUT2D eigenvalue weighted by Gasteiger charge is 2.01. The standard InChI is InChI=1S/C20H37/c1-4-7-10-11-12-13-14-16-19-20(17-9-6-3)18-15-8-5-2/h6,9,16,19-20H,3-5,7-8,10-15,17-18H2,1-2H3. The Morgan fingerprint density at radius 3 is 2.15 bits per heavy atom. The summed E-state index contributed by atoms with van der Waals surface area (Å²) in [4.78, 5) is 0. The van der Waals surface area contributed by atoms with Crippen molar-refractivity contribution in [1.82, 2.24) is 0 Å². The third kappa shape index (κ3) is 13.9. The zero-order valence-corrected chi connectivity index (χ0v) is 14.1. The maximum absolute atomic E-state index is 3.79. The fourth-order valence-electron chi connectivity index (χ4n) is 2.55. The Bertz CT molecular complexity index is 224. The van der Waals surface area contributed by atoms with Gasteiger partial charge in [-0.1, -0.05) is 89.5 Å². The first-order valence-corrected chi connectivity index (χ1v) is 8.96. The van der Waals surface area contributed by atoms with Crippen molar-refractivity contribution in [1.29, 1.82) is 0 Å². The number of unbranched alkanes of at least 4 members (excludes halogenated alkanes) is 8. The van der Waals surface area contributed by atoms with Gasteiger partial charge in [-0.25, -0.2) is 0 Å². The van der Waals surface area contributed by atoms with Crippen LogP contribution < -0.4 is 0 Å². The lowest BCUT2D eigenvalue weighted by Crippen LogP contribution is -1.95. The van der Waals surface area contributed by atoms with Crippen LogP contribution in [0, 0.1) is 12.8 Å². The summed E-state index contributed by atoms with van der Waals surface area (Å²) in [6, 6.07) is 0. The van der Waals surface area contributed by atoms with Gasteiger partial charge in [-0.05, 0) is 38.5 Å². The largest absolute Gasteiger partial charge is 0.0882 e. The summed E-state index contributed by atoms with van der Waals surface area (Å²) in [7, 11) is 0. The van der Waals surface area contributed by atoms with Gasteiger partial charge in [0.25, 0.3) is 0 Å². The summed E-state index contributed by atoms with van der Waals surface area (Å²) in [6.07, 6.45) is 25.2. The molecule has 0 aliphatic heterocycles. The number of rotatable bonds is 14. The number of allylic oxidation sites excluding steroid dienone is 4. The van der Waals surface area contributed by atoms with Gasteiger partial charge in [0.2, 0.25) is 0 Å². The van der Waals surface area contributed by atoms with Gasteiger partial charge in [0.15, 0.2) is 0 Å². The third-order valence-electron chi connectivity index (χ3n) is 3.92. The van der Waals surface area contributed by atoms with Crippen LogP contribution in [-0.2, 0) is 0 Å². The molecule has 0 heterocycles. The van der Waals surface area contributed by atoms with Crippen LogP contribution in [0.2, 0.25) is 0 Å². The first-order chi connectivity index (χ1) is 9.85. The van der Waals surface area contributed by atoms with E-state index in [1.54, 1.807) is 0 Å². The van der Waals surface area contributed by atoms with Crippen molar-refractivity contribution in [3.8, 4) is 0 Å². The van der Waals surface area contributed by atoms with Crippen molar-refractivity contribution in [2.75, 3.05) is 0 Å². The first kappa shape index (κ1) is 19.5. The van der Waals surface area contributed by atoms with E-state index in [-0.39, 0.29) is 0 Å². The molecule has 0 bridgehead atoms. The molecule has 1 atom stereocenters. The van der Waals surface area contributed by atoms with Crippen LogP contribution >= 0.6 is 0 Å². The molecule has 0 rings (SSSR count). The van der Waals surface area contributed by atoms with E-state index in [9.17, 15) is 0 Å². The Balaban J connectivity index is 3.70. The van der Waals surface area contributed by atoms with Gasteiger partial charge >= 0.3 is 0 Å². The number of hydrogen-bond acceptors (Lipinski definition) is 0. The minimum Gasteiger partial charge on any atom is -0.0882 e. The molecule has 20 heavy (non-hydrogen) atoms. The summed E-state index contributed by atoms with van der Waals surface area (Å²) < 4.78 is 0. The van der Waals surface area contributed by atoms with Crippen LogP contribution in [0.1, 0.15) is 90.9 Å². The number of hydrogen-bond donors (Lipinski definition) is 0. The highest BCUT2D eigenvalue weighted by atomic mass is 14.1. The van der Waals surface area contributed by atoms with Gasteiger partial charge < -0.3 is 0 Å². The lowest BCUT2D eigenvalue weighted by atomic mass is 9.96. The predicted molar refractivity (Wildman–Crippen MR) is 93.9 cm³/mol. The third-order valence-corrected chi connectivity index (χ3v) is 3.92. The SMILES string of the molecule is [CH2]C=CCC(C=CCCCCCCCC)CCCCC. The van der Waals surface area contributed by atoms with Crippen molar-refractivity contribution >= 4 is 0 Å². The van der Waals surface area contributed by atoms with E-state index in [0.717, 1.165) is 5.92 Å². The second-order valence-corrected chi connectivity index (χ2v) is 5.95. The molecule has 0 nitrogen and oxygen atoms in total. The second-order valence-electron chi connectivity index (χ2n) is 5.95. The fraction of sp³-hybridized carbons (Fsp3) is 0.750. The Kier molecular flexibility index (Phi) is 16.1. The average Bonchev–Trinajstić information content (AvgIpc) is 2.47. The summed E-state index contributed by atoms with van der Waals surface area (Å²) in [6.45, 7) is 8.35. The van der Waals surface area contributed by atoms with Crippen LogP contribution in [0.15, 0.2) is 24.3 Å². The summed E-state index contributed by atoms with van der Waals surface area (Å²) in [5, 5.41) is 0. The Morgan fingerprint density at radius 1 is 0.800 bits per heavy atom. The molecular formula is C20H37. The van der Waals surface area contributed by atoms with E-state index in [1.165, 1.54) is 77.0 Å². The Labute approximate surface area is 128 Å². The summed E-state index contributed by atoms with van der Waals surface area (Å²) >= 11 is 0. The van der Waals surface area contributed by atoms with E-state index in [1.807, 2.05) is 6.08 Å². The molecule has 117 valence electrons. The maximum Gasteiger partial charge on any atom is -0.0199 e. The van der Waals surface area contributed by atoms with Crippen LogP contribution in [0.4, 0.5) is 0 Å². The molecular weight excluding hydrogens is 240 g/mol. The molecule has 0 N–H and O–H groups in total. The van der Waals surface area contributed by atoms with Crippen LogP contribution in [0.25, 0.3) is 0 Å². The lowest BCUT2D eigenvalue weighted by molar-refractivity contribution is 0.542. The molecule has 0 fully saturated rings. The second kappa shape index (κ2) is 16.5. The highest BCUT2D eigenvalue weighted by Crippen LogP contribution is 2.17. The molecule has 0 amide bonds. The summed E-state index contributed by atoms with van der Waals surface area (Å²) in [5.41, 5.74) is 0. The molecule has 0 spiro atoms. The molecule has 1 radical (unpaired) electrons. The molecule has 0 saturated carbocycles. The van der Waals surface area contributed by atoms with Gasteiger partial charge in [-0.2, -0.15) is 0 Å². The topological polar surface area (TPSA) is 0 Å². The van der Waals surface area contributed by atoms with Crippen LogP contribution in [-0.4, -0.2) is 0 Å². The highest BCUT2D eigenvalue weighted by molar-refractivity contribution is 4.94. The van der Waals surface area contributed by atoms with Gasteiger partial charge in [-0.15, -0.1) is 0 Å². The maximum atomic E-state index is 3.79. The van der Waals surface area contributed by atoms with Crippen molar-refractivity contribution in [2.45, 2.75) is 90.9 Å². The van der Waals surface area contributed by atoms with Crippen molar-refractivity contribution < 1.29 is 0 Å². The minimum atomic E-state index is 0.736. The molecule has 0 aromatic heterocycles. The smallest absolute Gasteiger partial charge is 0.0199 e. The molecule has 0 heteroatoms. The lowest BCUT2D eigenvalue weighted by Gasteiger charge is -2.09. The van der Waals surface area contributed by atoms with E-state index < -0.39 is 0 Å². The van der Waals surface area contributed by atoms with E-state index >= 15 is 0 Å². The normalized spacial score (nSPS) is 13.6. The molecule has 0 aromatic rings. The van der Waals surface area contributed by atoms with Crippen molar-refractivity contribution in [2.24, 2.45) is 5.92 Å². The Morgan fingerprint density at radius 2 is 1.45 bits per heavy atom. The van der Waals surface area contributed by atoms with E-state index in [4.69, 9.17) is 0 Å². The zero-order chi connectivity index (χ0) is 14.9. The monoisotopic (exact) mass is 277 g/mol. The molecule has 0 aliphatic rings. The summed E-state index contributed by atoms with van der Waals surface area (Å²) in [5.74, 6) is 0.736. The average molecular weight is 278 g/mol. The van der Waals surface area contributed by atoms with Crippen molar-refractivity contribution in [3.63, 3.8) is 0 Å². The molecule has 0 aromatic carbocycles. The van der Waals surface area contributed by atoms with Gasteiger partial charge in [-0.3, -0.25) is 0 Å². The molecule has 0 aliphatic carbocycles. The quantitative estimate of drug-likeness (QED) is 0.231. The van der Waals surface area contributed by atoms with Gasteiger partial charge in [0.1, 0.15) is 0 Å². The minimum absolute atomic E-state index is 0.736. The zero-order valence-electron chi connectivity index (χ0n) is 14.1. The van der Waals surface area contributed by atoms with Crippen LogP contribution in [0.3, 0.4) is 0 Å². The van der Waals surface area contributed by atoms with E-state index in [2.05, 4.69) is 39.0 Å². The molecule has 0 saturated heterocycles. The van der Waals surface area contributed by atoms with Crippen molar-refractivity contribution in [3.05, 3.63) is 31.2 Å². The van der Waals surface area contributed by atoms with Gasteiger partial charge in [0, 0.05) is 0 Å². The van der Waals surface area contributed by atoms with E-state index in [0.29, 0.717) is 0 Å². The molecule has 1 unspecified atom stereocenters. The predicted octanol–water partition coefficient (Wildman–Crippen LogP) is 7.27. The first-order valence-electron chi connectivity index (χ1n) is 8.96. The van der Waals surface area contributed by atoms with Crippen LogP contribution in [0.5, 0.6) is 0 Å².